The van der Waals surface area contributed by atoms with E-state index in [1.165, 1.54) is 31.2 Å². The van der Waals surface area contributed by atoms with Crippen molar-refractivity contribution < 1.29 is 14.6 Å². The first kappa shape index (κ1) is 16.6. The van der Waals surface area contributed by atoms with E-state index < -0.39 is 0 Å². The average molecular weight is 319 g/mol. The maximum Gasteiger partial charge on any atom is 0.160 e. The van der Waals surface area contributed by atoms with E-state index in [-0.39, 0.29) is 6.10 Å². The molecule has 1 aromatic rings. The minimum absolute atomic E-state index is 0.0855. The molecular formula is C19H29NO3. The smallest absolute Gasteiger partial charge is 0.160 e. The average Bonchev–Trinajstić information content (AvgIpc) is 2.61. The van der Waals surface area contributed by atoms with Crippen LogP contribution in [0.15, 0.2) is 18.2 Å². The summed E-state index contributed by atoms with van der Waals surface area (Å²) in [6.45, 7) is 2.08. The Hall–Kier alpha value is -1.26. The molecule has 0 aromatic heterocycles. The summed E-state index contributed by atoms with van der Waals surface area (Å²) in [5.41, 5.74) is 1.28. The minimum atomic E-state index is -0.0855. The van der Waals surface area contributed by atoms with Gasteiger partial charge in [-0.3, -0.25) is 4.90 Å². The van der Waals surface area contributed by atoms with Crippen LogP contribution in [0.25, 0.3) is 0 Å². The number of nitrogens with zero attached hydrogens (tertiary/aromatic N) is 1. The lowest BCUT2D eigenvalue weighted by Gasteiger charge is -2.46. The van der Waals surface area contributed by atoms with E-state index in [1.54, 1.807) is 14.2 Å². The third-order valence-corrected chi connectivity index (χ3v) is 5.59. The predicted octanol–water partition coefficient (Wildman–Crippen LogP) is 2.87. The molecule has 0 bridgehead atoms. The summed E-state index contributed by atoms with van der Waals surface area (Å²) in [5.74, 6) is 2.07. The van der Waals surface area contributed by atoms with Crippen LogP contribution in [0.3, 0.4) is 0 Å². The number of ether oxygens (including phenoxy) is 2. The van der Waals surface area contributed by atoms with Crippen molar-refractivity contribution in [2.24, 2.45) is 5.92 Å². The molecular weight excluding hydrogens is 290 g/mol. The molecule has 1 saturated carbocycles. The quantitative estimate of drug-likeness (QED) is 0.906. The van der Waals surface area contributed by atoms with Gasteiger partial charge in [-0.05, 0) is 43.4 Å². The van der Waals surface area contributed by atoms with Crippen LogP contribution in [-0.2, 0) is 6.42 Å². The molecule has 0 amide bonds. The molecule has 1 saturated heterocycles. The van der Waals surface area contributed by atoms with E-state index in [1.807, 2.05) is 6.07 Å². The Morgan fingerprint density at radius 3 is 2.65 bits per heavy atom. The number of methoxy groups -OCH3 is 2. The number of likely N-dealkylation sites (tertiary alicyclic amines) is 1. The van der Waals surface area contributed by atoms with Crippen LogP contribution in [0.4, 0.5) is 0 Å². The van der Waals surface area contributed by atoms with Gasteiger partial charge >= 0.3 is 0 Å². The summed E-state index contributed by atoms with van der Waals surface area (Å²) in [6, 6.07) is 6.76. The molecule has 2 fully saturated rings. The first-order valence-corrected chi connectivity index (χ1v) is 8.86. The largest absolute Gasteiger partial charge is 0.493 e. The maximum absolute atomic E-state index is 10.3. The van der Waals surface area contributed by atoms with E-state index in [9.17, 15) is 5.11 Å². The fourth-order valence-electron chi connectivity index (χ4n) is 4.31. The molecule has 4 heteroatoms. The second kappa shape index (κ2) is 7.54. The highest BCUT2D eigenvalue weighted by atomic mass is 16.5. The highest BCUT2D eigenvalue weighted by Gasteiger charge is 2.38. The number of aliphatic hydroxyl groups excluding tert-OH is 1. The third kappa shape index (κ3) is 3.64. The number of hydrogen-bond donors (Lipinski definition) is 1. The molecule has 128 valence electrons. The van der Waals surface area contributed by atoms with Gasteiger partial charge in [0.2, 0.25) is 0 Å². The molecule has 1 aliphatic heterocycles. The van der Waals surface area contributed by atoms with Crippen molar-refractivity contribution in [2.45, 2.75) is 50.7 Å². The molecule has 0 radical (unpaired) electrons. The molecule has 4 nitrogen and oxygen atoms in total. The summed E-state index contributed by atoms with van der Waals surface area (Å²) in [4.78, 5) is 2.60. The lowest BCUT2D eigenvalue weighted by atomic mass is 9.76. The molecule has 3 atom stereocenters. The second-order valence-corrected chi connectivity index (χ2v) is 6.85. The van der Waals surface area contributed by atoms with Gasteiger partial charge in [0.15, 0.2) is 11.5 Å². The van der Waals surface area contributed by atoms with Crippen molar-refractivity contribution in [1.82, 2.24) is 4.90 Å². The standard InChI is InChI=1S/C19H29NO3/c1-22-18-8-7-14(13-19(18)23-2)9-11-20-12-10-17(21)15-5-3-4-6-16(15)20/h7-8,13,15-17,21H,3-6,9-12H2,1-2H3/t15-,16-,17+/m0/s1. The fraction of sp³-hybridized carbons (Fsp3) is 0.684. The van der Waals surface area contributed by atoms with Gasteiger partial charge in [-0.25, -0.2) is 0 Å². The van der Waals surface area contributed by atoms with Crippen LogP contribution in [0.1, 0.15) is 37.7 Å². The van der Waals surface area contributed by atoms with E-state index >= 15 is 0 Å². The van der Waals surface area contributed by atoms with Gasteiger partial charge in [-0.1, -0.05) is 18.9 Å². The molecule has 1 aromatic carbocycles. The zero-order valence-corrected chi connectivity index (χ0v) is 14.3. The first-order chi connectivity index (χ1) is 11.2. The van der Waals surface area contributed by atoms with Gasteiger partial charge in [0.25, 0.3) is 0 Å². The maximum atomic E-state index is 10.3. The van der Waals surface area contributed by atoms with Crippen molar-refractivity contribution in [2.75, 3.05) is 27.3 Å². The summed E-state index contributed by atoms with van der Waals surface area (Å²) in [7, 11) is 3.35. The Morgan fingerprint density at radius 2 is 1.87 bits per heavy atom. The summed E-state index contributed by atoms with van der Waals surface area (Å²) in [5, 5.41) is 10.3. The number of piperidine rings is 1. The van der Waals surface area contributed by atoms with Crippen molar-refractivity contribution in [3.8, 4) is 11.5 Å². The van der Waals surface area contributed by atoms with Gasteiger partial charge in [-0.2, -0.15) is 0 Å². The van der Waals surface area contributed by atoms with Crippen molar-refractivity contribution in [1.29, 1.82) is 0 Å². The molecule has 0 unspecified atom stereocenters. The van der Waals surface area contributed by atoms with Crippen LogP contribution >= 0.6 is 0 Å². The van der Waals surface area contributed by atoms with E-state index in [4.69, 9.17) is 9.47 Å². The van der Waals surface area contributed by atoms with E-state index in [0.717, 1.165) is 37.4 Å². The lowest BCUT2D eigenvalue weighted by molar-refractivity contribution is -0.0352. The zero-order chi connectivity index (χ0) is 16.2. The van der Waals surface area contributed by atoms with E-state index in [0.29, 0.717) is 12.0 Å². The Balaban J connectivity index is 1.63. The van der Waals surface area contributed by atoms with Crippen molar-refractivity contribution >= 4 is 0 Å². The van der Waals surface area contributed by atoms with Gasteiger partial charge in [0.1, 0.15) is 0 Å². The number of hydrogen-bond acceptors (Lipinski definition) is 4. The van der Waals surface area contributed by atoms with E-state index in [2.05, 4.69) is 17.0 Å². The van der Waals surface area contributed by atoms with Gasteiger partial charge < -0.3 is 14.6 Å². The van der Waals surface area contributed by atoms with Crippen LogP contribution in [0.2, 0.25) is 0 Å². The molecule has 23 heavy (non-hydrogen) atoms. The van der Waals surface area contributed by atoms with Gasteiger partial charge in [-0.15, -0.1) is 0 Å². The fourth-order valence-corrected chi connectivity index (χ4v) is 4.31. The molecule has 1 N–H and O–H groups in total. The first-order valence-electron chi connectivity index (χ1n) is 8.86. The lowest BCUT2D eigenvalue weighted by Crippen LogP contribution is -2.52. The number of rotatable bonds is 5. The van der Waals surface area contributed by atoms with Crippen molar-refractivity contribution in [3.63, 3.8) is 0 Å². The third-order valence-electron chi connectivity index (χ3n) is 5.59. The molecule has 1 heterocycles. The van der Waals surface area contributed by atoms with Gasteiger partial charge in [0.05, 0.1) is 20.3 Å². The molecule has 0 spiro atoms. The van der Waals surface area contributed by atoms with Crippen molar-refractivity contribution in [3.05, 3.63) is 23.8 Å². The van der Waals surface area contributed by atoms with Crippen LogP contribution in [0.5, 0.6) is 11.5 Å². The Labute approximate surface area is 139 Å². The van der Waals surface area contributed by atoms with Crippen LogP contribution in [0, 0.1) is 5.92 Å². The Morgan fingerprint density at radius 1 is 1.09 bits per heavy atom. The normalized spacial score (nSPS) is 28.2. The summed E-state index contributed by atoms with van der Waals surface area (Å²) < 4.78 is 10.7. The number of benzene rings is 1. The predicted molar refractivity (Wildman–Crippen MR) is 91.2 cm³/mol. The topological polar surface area (TPSA) is 41.9 Å². The molecule has 1 aliphatic carbocycles. The SMILES string of the molecule is COc1ccc(CCN2CC[C@@H](O)[C@H]3CCCC[C@@H]32)cc1OC. The highest BCUT2D eigenvalue weighted by Crippen LogP contribution is 2.35. The van der Waals surface area contributed by atoms with Crippen LogP contribution < -0.4 is 9.47 Å². The Bertz CT molecular complexity index is 519. The van der Waals surface area contributed by atoms with Crippen LogP contribution in [-0.4, -0.2) is 49.5 Å². The van der Waals surface area contributed by atoms with Gasteiger partial charge in [0, 0.05) is 25.0 Å². The minimum Gasteiger partial charge on any atom is -0.493 e. The number of fused-ring (bicyclic) bond motifs is 1. The molecule has 3 rings (SSSR count). The monoisotopic (exact) mass is 319 g/mol. The molecule has 2 aliphatic rings. The zero-order valence-electron chi connectivity index (χ0n) is 14.3. The Kier molecular flexibility index (Phi) is 5.44. The number of aliphatic hydroxyl groups is 1. The highest BCUT2D eigenvalue weighted by molar-refractivity contribution is 5.42. The summed E-state index contributed by atoms with van der Waals surface area (Å²) >= 11 is 0. The second-order valence-electron chi connectivity index (χ2n) is 6.85. The summed E-state index contributed by atoms with van der Waals surface area (Å²) in [6.07, 6.45) is 6.87.